The van der Waals surface area contributed by atoms with E-state index in [2.05, 4.69) is 6.08 Å². The Bertz CT molecular complexity index is 399. The Morgan fingerprint density at radius 3 is 2.71 bits per heavy atom. The van der Waals surface area contributed by atoms with Crippen LogP contribution in [-0.2, 0) is 6.42 Å². The Morgan fingerprint density at radius 1 is 1.36 bits per heavy atom. The summed E-state index contributed by atoms with van der Waals surface area (Å²) in [5, 5.41) is 9.41. The van der Waals surface area contributed by atoms with Crippen LogP contribution >= 0.6 is 0 Å². The first-order valence-electron chi connectivity index (χ1n) is 4.80. The third kappa shape index (κ3) is 1.42. The number of fused-ring (bicyclic) bond motifs is 1. The molecule has 0 radical (unpaired) electrons. The highest BCUT2D eigenvalue weighted by Gasteiger charge is 2.24. The van der Waals surface area contributed by atoms with Gasteiger partial charge in [-0.05, 0) is 49.1 Å². The molecule has 1 aromatic rings. The van der Waals surface area contributed by atoms with E-state index in [1.165, 1.54) is 5.56 Å². The minimum Gasteiger partial charge on any atom is -0.508 e. The summed E-state index contributed by atoms with van der Waals surface area (Å²) >= 11 is 0. The fraction of sp³-hybridized carbons (Fsp3) is 0.333. The maximum absolute atomic E-state index is 9.41. The molecule has 0 amide bonds. The van der Waals surface area contributed by atoms with Gasteiger partial charge >= 0.3 is 0 Å². The van der Waals surface area contributed by atoms with Gasteiger partial charge in [-0.15, -0.1) is 0 Å². The van der Waals surface area contributed by atoms with Crippen molar-refractivity contribution < 1.29 is 5.11 Å². The molecule has 0 saturated carbocycles. The van der Waals surface area contributed by atoms with E-state index >= 15 is 0 Å². The summed E-state index contributed by atoms with van der Waals surface area (Å²) in [4.78, 5) is 0. The molecule has 0 heterocycles. The molecule has 14 heavy (non-hydrogen) atoms. The fourth-order valence-corrected chi connectivity index (χ4v) is 1.93. The second-order valence-corrected chi connectivity index (χ2v) is 4.39. The van der Waals surface area contributed by atoms with E-state index in [0.717, 1.165) is 17.6 Å². The molecule has 2 rings (SSSR count). The van der Waals surface area contributed by atoms with Gasteiger partial charge in [-0.25, -0.2) is 0 Å². The summed E-state index contributed by atoms with van der Waals surface area (Å²) in [5.41, 5.74) is 9.19. The molecular weight excluding hydrogens is 174 g/mol. The quantitative estimate of drug-likeness (QED) is 0.710. The first-order chi connectivity index (χ1) is 6.48. The SMILES string of the molecule is CC(C)(N)C1=CCc2ccc(O)cc21. The topological polar surface area (TPSA) is 46.2 Å². The second-order valence-electron chi connectivity index (χ2n) is 4.39. The van der Waals surface area contributed by atoms with Crippen molar-refractivity contribution in [3.8, 4) is 5.75 Å². The predicted molar refractivity (Wildman–Crippen MR) is 58.1 cm³/mol. The van der Waals surface area contributed by atoms with Crippen LogP contribution in [0.1, 0.15) is 25.0 Å². The van der Waals surface area contributed by atoms with E-state index in [9.17, 15) is 5.11 Å². The van der Waals surface area contributed by atoms with Crippen LogP contribution in [0.2, 0.25) is 0 Å². The summed E-state index contributed by atoms with van der Waals surface area (Å²) in [6.45, 7) is 3.97. The number of phenolic OH excluding ortho intramolecular Hbond substituents is 1. The van der Waals surface area contributed by atoms with E-state index in [1.54, 1.807) is 12.1 Å². The number of nitrogens with two attached hydrogens (primary N) is 1. The van der Waals surface area contributed by atoms with Gasteiger partial charge in [-0.3, -0.25) is 0 Å². The molecule has 0 unspecified atom stereocenters. The van der Waals surface area contributed by atoms with Crippen molar-refractivity contribution in [1.82, 2.24) is 0 Å². The van der Waals surface area contributed by atoms with Crippen molar-refractivity contribution in [2.45, 2.75) is 25.8 Å². The van der Waals surface area contributed by atoms with Crippen molar-refractivity contribution in [1.29, 1.82) is 0 Å². The average molecular weight is 189 g/mol. The van der Waals surface area contributed by atoms with Crippen molar-refractivity contribution in [2.75, 3.05) is 0 Å². The van der Waals surface area contributed by atoms with Gasteiger partial charge in [-0.1, -0.05) is 12.1 Å². The molecule has 1 aliphatic rings. The highest BCUT2D eigenvalue weighted by atomic mass is 16.3. The van der Waals surface area contributed by atoms with Crippen LogP contribution in [0.25, 0.3) is 5.57 Å². The van der Waals surface area contributed by atoms with Gasteiger partial charge in [0, 0.05) is 5.54 Å². The summed E-state index contributed by atoms with van der Waals surface area (Å²) in [5.74, 6) is 0.306. The molecule has 0 aromatic heterocycles. The zero-order valence-electron chi connectivity index (χ0n) is 8.54. The van der Waals surface area contributed by atoms with Crippen LogP contribution in [-0.4, -0.2) is 10.6 Å². The van der Waals surface area contributed by atoms with Crippen molar-refractivity contribution in [2.24, 2.45) is 5.73 Å². The Hall–Kier alpha value is -1.28. The third-order valence-electron chi connectivity index (χ3n) is 2.60. The molecule has 2 nitrogen and oxygen atoms in total. The average Bonchev–Trinajstić information content (AvgIpc) is 2.45. The number of allylic oxidation sites excluding steroid dienone is 1. The maximum atomic E-state index is 9.41. The molecule has 1 aliphatic carbocycles. The lowest BCUT2D eigenvalue weighted by Crippen LogP contribution is -2.32. The highest BCUT2D eigenvalue weighted by Crippen LogP contribution is 2.35. The fourth-order valence-electron chi connectivity index (χ4n) is 1.93. The second kappa shape index (κ2) is 2.85. The summed E-state index contributed by atoms with van der Waals surface area (Å²) in [6, 6.07) is 5.47. The first kappa shape index (κ1) is 9.28. The molecule has 0 bridgehead atoms. The minimum absolute atomic E-state index is 0.306. The van der Waals surface area contributed by atoms with Gasteiger partial charge in [0.1, 0.15) is 5.75 Å². The normalized spacial score (nSPS) is 15.2. The van der Waals surface area contributed by atoms with Crippen LogP contribution in [0.3, 0.4) is 0 Å². The minimum atomic E-state index is -0.334. The van der Waals surface area contributed by atoms with Crippen molar-refractivity contribution in [3.63, 3.8) is 0 Å². The molecule has 0 saturated heterocycles. The lowest BCUT2D eigenvalue weighted by Gasteiger charge is -2.21. The zero-order valence-corrected chi connectivity index (χ0v) is 8.54. The zero-order chi connectivity index (χ0) is 10.3. The largest absolute Gasteiger partial charge is 0.508 e. The van der Waals surface area contributed by atoms with Gasteiger partial charge in [0.25, 0.3) is 0 Å². The number of hydrogen-bond donors (Lipinski definition) is 2. The Labute approximate surface area is 84.1 Å². The lowest BCUT2D eigenvalue weighted by molar-refractivity contribution is 0.475. The van der Waals surface area contributed by atoms with Gasteiger partial charge < -0.3 is 10.8 Å². The summed E-state index contributed by atoms with van der Waals surface area (Å²) in [7, 11) is 0. The van der Waals surface area contributed by atoms with Crippen LogP contribution in [0, 0.1) is 0 Å². The number of benzene rings is 1. The maximum Gasteiger partial charge on any atom is 0.116 e. The van der Waals surface area contributed by atoms with Gasteiger partial charge in [0.05, 0.1) is 0 Å². The number of aromatic hydroxyl groups is 1. The van der Waals surface area contributed by atoms with Crippen LogP contribution in [0.4, 0.5) is 0 Å². The Balaban J connectivity index is 2.51. The van der Waals surface area contributed by atoms with Crippen molar-refractivity contribution >= 4 is 5.57 Å². The van der Waals surface area contributed by atoms with Gasteiger partial charge in [0.15, 0.2) is 0 Å². The van der Waals surface area contributed by atoms with E-state index in [0.29, 0.717) is 5.75 Å². The molecule has 0 fully saturated rings. The molecule has 3 N–H and O–H groups in total. The molecule has 0 atom stereocenters. The van der Waals surface area contributed by atoms with E-state index in [1.807, 2.05) is 19.9 Å². The third-order valence-corrected chi connectivity index (χ3v) is 2.60. The van der Waals surface area contributed by atoms with Crippen molar-refractivity contribution in [3.05, 3.63) is 35.4 Å². The van der Waals surface area contributed by atoms with Crippen LogP contribution in [0.15, 0.2) is 24.3 Å². The Kier molecular flexibility index (Phi) is 1.89. The monoisotopic (exact) mass is 189 g/mol. The van der Waals surface area contributed by atoms with E-state index in [-0.39, 0.29) is 5.54 Å². The van der Waals surface area contributed by atoms with E-state index in [4.69, 9.17) is 5.73 Å². The number of phenols is 1. The molecule has 74 valence electrons. The molecule has 2 heteroatoms. The standard InChI is InChI=1S/C12H15NO/c1-12(2,13)11-6-4-8-3-5-9(14)7-10(8)11/h3,5-7,14H,4,13H2,1-2H3. The molecule has 1 aromatic carbocycles. The number of rotatable bonds is 1. The smallest absolute Gasteiger partial charge is 0.116 e. The highest BCUT2D eigenvalue weighted by molar-refractivity contribution is 5.79. The van der Waals surface area contributed by atoms with E-state index < -0.39 is 0 Å². The van der Waals surface area contributed by atoms with Crippen LogP contribution in [0.5, 0.6) is 5.75 Å². The number of hydrogen-bond acceptors (Lipinski definition) is 2. The van der Waals surface area contributed by atoms with Crippen LogP contribution < -0.4 is 5.73 Å². The molecule has 0 aliphatic heterocycles. The Morgan fingerprint density at radius 2 is 2.07 bits per heavy atom. The molecular formula is C12H15NO. The lowest BCUT2D eigenvalue weighted by atomic mass is 9.90. The molecule has 0 spiro atoms. The first-order valence-corrected chi connectivity index (χ1v) is 4.80. The predicted octanol–water partition coefficient (Wildman–Crippen LogP) is 2.07. The van der Waals surface area contributed by atoms with Gasteiger partial charge in [0.2, 0.25) is 0 Å². The van der Waals surface area contributed by atoms with Gasteiger partial charge in [-0.2, -0.15) is 0 Å². The summed E-state index contributed by atoms with van der Waals surface area (Å²) in [6.07, 6.45) is 3.07. The summed E-state index contributed by atoms with van der Waals surface area (Å²) < 4.78 is 0.